The molecule has 110 valence electrons. The van der Waals surface area contributed by atoms with E-state index in [1.165, 1.54) is 0 Å². The summed E-state index contributed by atoms with van der Waals surface area (Å²) < 4.78 is 0. The minimum absolute atomic E-state index is 0.136. The molecule has 2 N–H and O–H groups in total. The number of pyridine rings is 1. The van der Waals surface area contributed by atoms with E-state index >= 15 is 0 Å². The predicted octanol–water partition coefficient (Wildman–Crippen LogP) is 1.97. The predicted molar refractivity (Wildman–Crippen MR) is 80.3 cm³/mol. The monoisotopic (exact) mass is 286 g/mol. The maximum absolute atomic E-state index is 12.2. The summed E-state index contributed by atoms with van der Waals surface area (Å²) in [6.07, 6.45) is 2.57. The highest BCUT2D eigenvalue weighted by Crippen LogP contribution is 2.20. The molecule has 1 atom stereocenters. The number of carboxylic acid groups (broad SMARTS) is 1. The summed E-state index contributed by atoms with van der Waals surface area (Å²) in [7, 11) is 0. The van der Waals surface area contributed by atoms with Gasteiger partial charge in [0, 0.05) is 17.6 Å². The van der Waals surface area contributed by atoms with Crippen LogP contribution in [0, 0.1) is 0 Å². The van der Waals surface area contributed by atoms with Crippen LogP contribution >= 0.6 is 0 Å². The minimum atomic E-state index is -0.799. The number of H-pyrrole nitrogens is 1. The second kappa shape index (κ2) is 5.69. The fourth-order valence-corrected chi connectivity index (χ4v) is 2.99. The molecule has 1 aromatic heterocycles. The van der Waals surface area contributed by atoms with Crippen molar-refractivity contribution in [1.82, 2.24) is 9.88 Å². The highest BCUT2D eigenvalue weighted by Gasteiger charge is 2.28. The van der Waals surface area contributed by atoms with Crippen LogP contribution in [0.2, 0.25) is 0 Å². The number of likely N-dealkylation sites (tertiary alicyclic amines) is 1. The van der Waals surface area contributed by atoms with E-state index in [2.05, 4.69) is 4.98 Å². The Morgan fingerprint density at radius 3 is 2.95 bits per heavy atom. The average molecular weight is 286 g/mol. The first kappa shape index (κ1) is 13.8. The number of benzene rings is 1. The van der Waals surface area contributed by atoms with Gasteiger partial charge in [-0.05, 0) is 36.9 Å². The Labute approximate surface area is 122 Å². The lowest BCUT2D eigenvalue weighted by Gasteiger charge is -2.32. The molecule has 0 amide bonds. The van der Waals surface area contributed by atoms with E-state index in [4.69, 9.17) is 0 Å². The van der Waals surface area contributed by atoms with Gasteiger partial charge in [-0.25, -0.2) is 0 Å². The van der Waals surface area contributed by atoms with Crippen LogP contribution in [0.15, 0.2) is 35.1 Å². The smallest absolute Gasteiger partial charge is 0.320 e. The first-order valence-corrected chi connectivity index (χ1v) is 7.23. The first-order chi connectivity index (χ1) is 10.1. The van der Waals surface area contributed by atoms with Crippen molar-refractivity contribution in [2.75, 3.05) is 6.54 Å². The van der Waals surface area contributed by atoms with Crippen molar-refractivity contribution >= 4 is 16.9 Å². The SMILES string of the molecule is O=C(O)C1CCCCN1Cc1cc2ccccc2[nH]c1=O. The molecule has 1 aromatic carbocycles. The van der Waals surface area contributed by atoms with E-state index < -0.39 is 12.0 Å². The second-order valence-corrected chi connectivity index (χ2v) is 5.53. The summed E-state index contributed by atoms with van der Waals surface area (Å²) in [4.78, 5) is 28.2. The third-order valence-corrected chi connectivity index (χ3v) is 4.10. The van der Waals surface area contributed by atoms with Gasteiger partial charge in [0.15, 0.2) is 0 Å². The molecule has 21 heavy (non-hydrogen) atoms. The van der Waals surface area contributed by atoms with E-state index in [1.807, 2.05) is 35.2 Å². The molecule has 5 nitrogen and oxygen atoms in total. The van der Waals surface area contributed by atoms with Gasteiger partial charge in [0.25, 0.3) is 5.56 Å². The average Bonchev–Trinajstić information content (AvgIpc) is 2.48. The molecule has 3 rings (SSSR count). The van der Waals surface area contributed by atoms with Crippen molar-refractivity contribution in [3.63, 3.8) is 0 Å². The highest BCUT2D eigenvalue weighted by molar-refractivity contribution is 5.78. The molecular formula is C16H18N2O3. The lowest BCUT2D eigenvalue weighted by Crippen LogP contribution is -2.44. The van der Waals surface area contributed by atoms with E-state index in [1.54, 1.807) is 0 Å². The van der Waals surface area contributed by atoms with E-state index in [-0.39, 0.29) is 5.56 Å². The number of nitrogens with one attached hydrogen (secondary N) is 1. The molecular weight excluding hydrogens is 268 g/mol. The maximum atomic E-state index is 12.2. The van der Waals surface area contributed by atoms with Gasteiger partial charge >= 0.3 is 5.97 Å². The topological polar surface area (TPSA) is 73.4 Å². The molecule has 2 heterocycles. The van der Waals surface area contributed by atoms with Crippen molar-refractivity contribution in [1.29, 1.82) is 0 Å². The van der Waals surface area contributed by atoms with Crippen LogP contribution in [0.4, 0.5) is 0 Å². The third kappa shape index (κ3) is 2.83. The van der Waals surface area contributed by atoms with E-state index in [0.717, 1.165) is 30.3 Å². The van der Waals surface area contributed by atoms with Gasteiger partial charge in [-0.1, -0.05) is 24.6 Å². The number of aromatic amines is 1. The Hall–Kier alpha value is -2.14. The summed E-state index contributed by atoms with van der Waals surface area (Å²) in [5, 5.41) is 10.3. The Kier molecular flexibility index (Phi) is 3.75. The number of nitrogens with zero attached hydrogens (tertiary/aromatic N) is 1. The number of carbonyl (C=O) groups is 1. The van der Waals surface area contributed by atoms with Crippen molar-refractivity contribution in [3.8, 4) is 0 Å². The van der Waals surface area contributed by atoms with E-state index in [0.29, 0.717) is 18.5 Å². The standard InChI is InChI=1S/C16H18N2O3/c19-15-12(9-11-5-1-2-6-13(11)17-15)10-18-8-4-3-7-14(18)16(20)21/h1-2,5-6,9,14H,3-4,7-8,10H2,(H,17,19)(H,20,21). The van der Waals surface area contributed by atoms with Crippen molar-refractivity contribution in [3.05, 3.63) is 46.2 Å². The number of aliphatic carboxylic acids is 1. The molecule has 0 spiro atoms. The molecule has 1 fully saturated rings. The zero-order chi connectivity index (χ0) is 14.8. The second-order valence-electron chi connectivity index (χ2n) is 5.53. The number of para-hydroxylation sites is 1. The number of hydrogen-bond donors (Lipinski definition) is 2. The molecule has 0 radical (unpaired) electrons. The van der Waals surface area contributed by atoms with Gasteiger partial charge in [-0.15, -0.1) is 0 Å². The lowest BCUT2D eigenvalue weighted by molar-refractivity contribution is -0.144. The number of carboxylic acids is 1. The lowest BCUT2D eigenvalue weighted by atomic mass is 10.0. The van der Waals surface area contributed by atoms with Gasteiger partial charge in [0.1, 0.15) is 6.04 Å². The number of aromatic nitrogens is 1. The Bertz CT molecular complexity index is 723. The molecule has 0 aliphatic carbocycles. The molecule has 1 aliphatic heterocycles. The molecule has 0 saturated carbocycles. The van der Waals surface area contributed by atoms with Gasteiger partial charge in [-0.3, -0.25) is 14.5 Å². The Morgan fingerprint density at radius 1 is 1.33 bits per heavy atom. The van der Waals surface area contributed by atoms with Gasteiger partial charge in [0.05, 0.1) is 0 Å². The number of rotatable bonds is 3. The van der Waals surface area contributed by atoms with Crippen LogP contribution in [0.3, 0.4) is 0 Å². The summed E-state index contributed by atoms with van der Waals surface area (Å²) >= 11 is 0. The number of hydrogen-bond acceptors (Lipinski definition) is 3. The summed E-state index contributed by atoms with van der Waals surface area (Å²) in [5.74, 6) is -0.799. The molecule has 1 unspecified atom stereocenters. The first-order valence-electron chi connectivity index (χ1n) is 7.23. The van der Waals surface area contributed by atoms with Crippen molar-refractivity contribution < 1.29 is 9.90 Å². The molecule has 2 aromatic rings. The zero-order valence-corrected chi connectivity index (χ0v) is 11.7. The van der Waals surface area contributed by atoms with Crippen LogP contribution < -0.4 is 5.56 Å². The van der Waals surface area contributed by atoms with Crippen LogP contribution in [-0.4, -0.2) is 33.5 Å². The molecule has 0 bridgehead atoms. The van der Waals surface area contributed by atoms with Crippen LogP contribution in [-0.2, 0) is 11.3 Å². The third-order valence-electron chi connectivity index (χ3n) is 4.10. The minimum Gasteiger partial charge on any atom is -0.480 e. The number of piperidine rings is 1. The van der Waals surface area contributed by atoms with Crippen LogP contribution in [0.5, 0.6) is 0 Å². The van der Waals surface area contributed by atoms with Crippen molar-refractivity contribution in [2.45, 2.75) is 31.8 Å². The summed E-state index contributed by atoms with van der Waals surface area (Å²) in [6.45, 7) is 1.11. The fourth-order valence-electron chi connectivity index (χ4n) is 2.99. The quantitative estimate of drug-likeness (QED) is 0.904. The normalized spacial score (nSPS) is 19.7. The summed E-state index contributed by atoms with van der Waals surface area (Å²) in [6, 6.07) is 8.99. The number of fused-ring (bicyclic) bond motifs is 1. The van der Waals surface area contributed by atoms with Gasteiger partial charge in [0.2, 0.25) is 0 Å². The van der Waals surface area contributed by atoms with Crippen LogP contribution in [0.25, 0.3) is 10.9 Å². The molecule has 5 heteroatoms. The van der Waals surface area contributed by atoms with E-state index in [9.17, 15) is 14.7 Å². The maximum Gasteiger partial charge on any atom is 0.320 e. The van der Waals surface area contributed by atoms with Crippen molar-refractivity contribution in [2.24, 2.45) is 0 Å². The fraction of sp³-hybridized carbons (Fsp3) is 0.375. The molecule has 1 aliphatic rings. The Morgan fingerprint density at radius 2 is 2.14 bits per heavy atom. The van der Waals surface area contributed by atoms with Gasteiger partial charge < -0.3 is 10.1 Å². The van der Waals surface area contributed by atoms with Crippen LogP contribution in [0.1, 0.15) is 24.8 Å². The molecule has 1 saturated heterocycles. The largest absolute Gasteiger partial charge is 0.480 e. The Balaban J connectivity index is 1.91. The zero-order valence-electron chi connectivity index (χ0n) is 11.7. The highest BCUT2D eigenvalue weighted by atomic mass is 16.4. The summed E-state index contributed by atoms with van der Waals surface area (Å²) in [5.41, 5.74) is 1.30. The van der Waals surface area contributed by atoms with Gasteiger partial charge in [-0.2, -0.15) is 0 Å².